The number of hydrogen-bond acceptors (Lipinski definition) is 4. The van der Waals surface area contributed by atoms with E-state index in [1.165, 1.54) is 0 Å². The van der Waals surface area contributed by atoms with E-state index in [1.807, 2.05) is 12.2 Å². The van der Waals surface area contributed by atoms with E-state index in [4.69, 9.17) is 9.97 Å². The third kappa shape index (κ3) is 4.55. The summed E-state index contributed by atoms with van der Waals surface area (Å²) in [5.41, 5.74) is 12.2. The van der Waals surface area contributed by atoms with Gasteiger partial charge in [-0.05, 0) is 60.7 Å². The largest absolute Gasteiger partial charge is 0.355 e. The maximum Gasteiger partial charge on any atom is 0.194 e. The van der Waals surface area contributed by atoms with Gasteiger partial charge in [0.2, 0.25) is 0 Å². The molecule has 0 amide bonds. The molecule has 8 bridgehead atoms. The summed E-state index contributed by atoms with van der Waals surface area (Å²) in [6.45, 7) is 0. The lowest BCUT2D eigenvalue weighted by Gasteiger charge is -2.16. The number of fused-ring (bicyclic) bond motifs is 13. The van der Waals surface area contributed by atoms with Gasteiger partial charge >= 0.3 is 0 Å². The molecule has 0 saturated heterocycles. The summed E-state index contributed by atoms with van der Waals surface area (Å²) in [7, 11) is 0. The zero-order valence-corrected chi connectivity index (χ0v) is 23.4. The predicted molar refractivity (Wildman–Crippen MR) is 174 cm³/mol. The number of nitrogens with one attached hydrogen (secondary N) is 2. The number of ketones is 2. The van der Waals surface area contributed by atoms with Gasteiger partial charge in [-0.15, -0.1) is 0 Å². The molecule has 6 nitrogen and oxygen atoms in total. The number of carbonyl (C=O) groups excluding carboxylic acids is 2. The second-order valence-electron chi connectivity index (χ2n) is 10.8. The van der Waals surface area contributed by atoms with Gasteiger partial charge in [0.1, 0.15) is 0 Å². The molecular weight excluding hydrogens is 544 g/mol. The van der Waals surface area contributed by atoms with Gasteiger partial charge in [0.05, 0.1) is 22.8 Å². The first-order valence-corrected chi connectivity index (χ1v) is 14.3. The van der Waals surface area contributed by atoms with Crippen LogP contribution in [-0.2, 0) is 0 Å². The molecule has 0 unspecified atom stereocenters. The minimum absolute atomic E-state index is 0.0641. The van der Waals surface area contributed by atoms with Crippen LogP contribution in [0.3, 0.4) is 0 Å². The van der Waals surface area contributed by atoms with Crippen LogP contribution in [0.25, 0.3) is 56.7 Å². The average Bonchev–Trinajstić information content (AvgIpc) is 3.86. The van der Waals surface area contributed by atoms with E-state index in [1.54, 1.807) is 48.5 Å². The molecule has 9 rings (SSSR count). The Hall–Kier alpha value is -6.14. The quantitative estimate of drug-likeness (QED) is 0.193. The molecule has 2 aliphatic heterocycles. The van der Waals surface area contributed by atoms with Crippen molar-refractivity contribution in [1.29, 1.82) is 0 Å². The van der Waals surface area contributed by atoms with E-state index < -0.39 is 0 Å². The standard InChI is InChI=1S/C24H16N4.C14H8O2/c1-2-4-22-21(3-1)23-13-19-9-7-17(26-19)11-15-5-6-16(25-15)12-18-8-10-20(27-18)14-24(22)28-23;15-13-9-5-1-2-6-10(9)14(16)12-8-4-3-7-11(12)13/h1-14,25-26H;1-8H. The van der Waals surface area contributed by atoms with Crippen LogP contribution < -0.4 is 0 Å². The van der Waals surface area contributed by atoms with Crippen LogP contribution in [0.15, 0.2) is 121 Å². The highest BCUT2D eigenvalue weighted by molar-refractivity contribution is 6.28. The first-order chi connectivity index (χ1) is 21.6. The van der Waals surface area contributed by atoms with E-state index in [0.717, 1.165) is 56.0 Å². The fraction of sp³-hybridized carbons (Fsp3) is 0. The Morgan fingerprint density at radius 3 is 1.27 bits per heavy atom. The Morgan fingerprint density at radius 1 is 0.386 bits per heavy atom. The molecule has 0 radical (unpaired) electrons. The van der Waals surface area contributed by atoms with Crippen LogP contribution in [0.1, 0.15) is 43.2 Å². The molecule has 2 N–H and O–H groups in total. The zero-order valence-electron chi connectivity index (χ0n) is 23.4. The molecule has 0 saturated carbocycles. The van der Waals surface area contributed by atoms with Crippen molar-refractivity contribution >= 4 is 45.8 Å². The van der Waals surface area contributed by atoms with Crippen molar-refractivity contribution in [1.82, 2.24) is 19.9 Å². The Balaban J connectivity index is 0.000000153. The number of aromatic nitrogens is 4. The molecule has 0 spiro atoms. The third-order valence-electron chi connectivity index (χ3n) is 7.89. The van der Waals surface area contributed by atoms with E-state index in [0.29, 0.717) is 22.3 Å². The van der Waals surface area contributed by atoms with Gasteiger partial charge in [-0.1, -0.05) is 72.8 Å². The number of benzene rings is 3. The summed E-state index contributed by atoms with van der Waals surface area (Å²) in [4.78, 5) is 40.7. The van der Waals surface area contributed by atoms with Crippen LogP contribution >= 0.6 is 0 Å². The highest BCUT2D eigenvalue weighted by Gasteiger charge is 2.28. The lowest BCUT2D eigenvalue weighted by atomic mass is 9.84. The zero-order chi connectivity index (χ0) is 29.6. The fourth-order valence-corrected chi connectivity index (χ4v) is 5.81. The van der Waals surface area contributed by atoms with Gasteiger partial charge in [-0.3, -0.25) is 9.59 Å². The second-order valence-corrected chi connectivity index (χ2v) is 10.8. The van der Waals surface area contributed by atoms with Gasteiger partial charge in [0.25, 0.3) is 0 Å². The lowest BCUT2D eigenvalue weighted by Crippen LogP contribution is -2.20. The highest BCUT2D eigenvalue weighted by atomic mass is 16.1. The number of carbonyl (C=O) groups is 2. The van der Waals surface area contributed by atoms with E-state index in [-0.39, 0.29) is 11.6 Å². The maximum absolute atomic E-state index is 12.1. The van der Waals surface area contributed by atoms with Crippen LogP contribution in [0.4, 0.5) is 0 Å². The normalized spacial score (nSPS) is 12.5. The minimum Gasteiger partial charge on any atom is -0.355 e. The monoisotopic (exact) mass is 568 g/mol. The summed E-state index contributed by atoms with van der Waals surface area (Å²) in [5, 5.41) is 0. The minimum atomic E-state index is -0.0641. The van der Waals surface area contributed by atoms with Crippen molar-refractivity contribution in [2.24, 2.45) is 0 Å². The molecule has 1 aliphatic carbocycles. The fourth-order valence-electron chi connectivity index (χ4n) is 5.81. The van der Waals surface area contributed by atoms with Gasteiger partial charge in [0.15, 0.2) is 11.6 Å². The van der Waals surface area contributed by atoms with Crippen molar-refractivity contribution in [3.63, 3.8) is 0 Å². The molecule has 208 valence electrons. The first-order valence-electron chi connectivity index (χ1n) is 14.3. The lowest BCUT2D eigenvalue weighted by molar-refractivity contribution is 0.0979. The Labute approximate surface area is 252 Å². The highest BCUT2D eigenvalue weighted by Crippen LogP contribution is 2.35. The van der Waals surface area contributed by atoms with Crippen molar-refractivity contribution in [3.8, 4) is 22.5 Å². The Morgan fingerprint density at radius 2 is 0.773 bits per heavy atom. The molecule has 44 heavy (non-hydrogen) atoms. The summed E-state index contributed by atoms with van der Waals surface area (Å²) in [6.07, 6.45) is 4.06. The smallest absolute Gasteiger partial charge is 0.194 e. The average molecular weight is 569 g/mol. The molecular formula is C38H24N4O2. The molecule has 0 atom stereocenters. The molecule has 6 aromatic rings. The summed E-state index contributed by atoms with van der Waals surface area (Å²) in [6, 6.07) is 38.8. The van der Waals surface area contributed by atoms with E-state index in [2.05, 4.69) is 82.8 Å². The van der Waals surface area contributed by atoms with E-state index >= 15 is 0 Å². The number of nitrogens with zero attached hydrogens (tertiary/aromatic N) is 2. The summed E-state index contributed by atoms with van der Waals surface area (Å²) >= 11 is 0. The summed E-state index contributed by atoms with van der Waals surface area (Å²) in [5.74, 6) is -0.128. The van der Waals surface area contributed by atoms with Crippen molar-refractivity contribution in [2.45, 2.75) is 0 Å². The topological polar surface area (TPSA) is 91.5 Å². The summed E-state index contributed by atoms with van der Waals surface area (Å²) < 4.78 is 0. The van der Waals surface area contributed by atoms with Crippen LogP contribution in [-0.4, -0.2) is 31.5 Å². The van der Waals surface area contributed by atoms with Crippen LogP contribution in [0, 0.1) is 0 Å². The molecule has 0 fully saturated rings. The number of rotatable bonds is 0. The maximum atomic E-state index is 12.1. The van der Waals surface area contributed by atoms with Gasteiger partial charge in [0, 0.05) is 55.4 Å². The SMILES string of the molecule is C1=Cc2cc3ccc(cc4ccc(cc5nc(cc1n2)-c1ccccc1-5)[nH]4)[nH]3.O=C1c2ccccc2C(=O)c2ccccc21. The molecule has 5 heterocycles. The van der Waals surface area contributed by atoms with Crippen molar-refractivity contribution < 1.29 is 9.59 Å². The number of aromatic amines is 2. The predicted octanol–water partition coefficient (Wildman–Crippen LogP) is 8.28. The molecule has 3 aliphatic rings. The molecule has 3 aromatic carbocycles. The second kappa shape index (κ2) is 10.3. The van der Waals surface area contributed by atoms with E-state index in [9.17, 15) is 9.59 Å². The number of H-pyrrole nitrogens is 2. The van der Waals surface area contributed by atoms with Crippen molar-refractivity contribution in [3.05, 3.63) is 155 Å². The Bertz CT molecular complexity index is 2240. The molecule has 6 heteroatoms. The number of hydrogen-bond donors (Lipinski definition) is 2. The van der Waals surface area contributed by atoms with Crippen LogP contribution in [0.5, 0.6) is 0 Å². The van der Waals surface area contributed by atoms with Gasteiger partial charge in [-0.2, -0.15) is 0 Å². The van der Waals surface area contributed by atoms with Crippen LogP contribution in [0.2, 0.25) is 0 Å². The third-order valence-corrected chi connectivity index (χ3v) is 7.89. The first kappa shape index (κ1) is 25.6. The van der Waals surface area contributed by atoms with Gasteiger partial charge < -0.3 is 9.97 Å². The molecule has 3 aromatic heterocycles. The van der Waals surface area contributed by atoms with Gasteiger partial charge in [-0.25, -0.2) is 9.97 Å². The Kier molecular flexibility index (Phi) is 5.98. The van der Waals surface area contributed by atoms with Crippen molar-refractivity contribution in [2.75, 3.05) is 0 Å².